The second-order valence-corrected chi connectivity index (χ2v) is 4.31. The minimum atomic E-state index is -0.431. The molecule has 0 atom stereocenters. The SMILES string of the molecule is COc1ccc(N(CCC#N)C(C)C)c([N+](=O)[O-])c1. The molecule has 0 fully saturated rings. The third kappa shape index (κ3) is 3.58. The molecule has 0 aliphatic rings. The van der Waals surface area contributed by atoms with Crippen molar-refractivity contribution in [1.29, 1.82) is 5.26 Å². The van der Waals surface area contributed by atoms with Crippen LogP contribution in [-0.2, 0) is 0 Å². The lowest BCUT2D eigenvalue weighted by Gasteiger charge is -2.27. The van der Waals surface area contributed by atoms with Gasteiger partial charge in [0.15, 0.2) is 0 Å². The van der Waals surface area contributed by atoms with Crippen LogP contribution in [0.15, 0.2) is 18.2 Å². The molecule has 1 aromatic rings. The van der Waals surface area contributed by atoms with E-state index in [1.807, 2.05) is 18.7 Å². The van der Waals surface area contributed by atoms with Crippen LogP contribution in [-0.4, -0.2) is 24.6 Å². The average molecular weight is 263 g/mol. The summed E-state index contributed by atoms with van der Waals surface area (Å²) in [6, 6.07) is 6.87. The molecule has 0 unspecified atom stereocenters. The molecular formula is C13H17N3O3. The molecule has 0 aliphatic carbocycles. The second kappa shape index (κ2) is 6.59. The minimum Gasteiger partial charge on any atom is -0.496 e. The number of nitro groups is 1. The molecule has 0 heterocycles. The van der Waals surface area contributed by atoms with Crippen LogP contribution in [0.1, 0.15) is 20.3 Å². The smallest absolute Gasteiger partial charge is 0.296 e. The van der Waals surface area contributed by atoms with Gasteiger partial charge in [-0.2, -0.15) is 5.26 Å². The molecule has 1 aromatic carbocycles. The topological polar surface area (TPSA) is 79.4 Å². The Morgan fingerprint density at radius 2 is 2.21 bits per heavy atom. The largest absolute Gasteiger partial charge is 0.496 e. The van der Waals surface area contributed by atoms with Crippen molar-refractivity contribution in [1.82, 2.24) is 0 Å². The van der Waals surface area contributed by atoms with E-state index in [0.717, 1.165) is 0 Å². The van der Waals surface area contributed by atoms with Crippen LogP contribution in [0.4, 0.5) is 11.4 Å². The minimum absolute atomic E-state index is 0.00834. The van der Waals surface area contributed by atoms with E-state index in [0.29, 0.717) is 24.4 Å². The molecule has 0 saturated carbocycles. The summed E-state index contributed by atoms with van der Waals surface area (Å²) in [7, 11) is 1.47. The number of nitriles is 1. The van der Waals surface area contributed by atoms with Crippen LogP contribution in [0.2, 0.25) is 0 Å². The van der Waals surface area contributed by atoms with E-state index >= 15 is 0 Å². The van der Waals surface area contributed by atoms with Crippen molar-refractivity contribution in [3.05, 3.63) is 28.3 Å². The van der Waals surface area contributed by atoms with Crippen LogP contribution in [0, 0.1) is 21.4 Å². The number of ether oxygens (including phenoxy) is 1. The van der Waals surface area contributed by atoms with Gasteiger partial charge in [0.05, 0.1) is 30.6 Å². The highest BCUT2D eigenvalue weighted by Crippen LogP contribution is 2.33. The number of hydrogen-bond donors (Lipinski definition) is 0. The van der Waals surface area contributed by atoms with Gasteiger partial charge in [-0.15, -0.1) is 0 Å². The molecule has 1 rings (SSSR count). The summed E-state index contributed by atoms with van der Waals surface area (Å²) in [5.41, 5.74) is 0.502. The van der Waals surface area contributed by atoms with Gasteiger partial charge >= 0.3 is 0 Å². The summed E-state index contributed by atoms with van der Waals surface area (Å²) in [5.74, 6) is 0.444. The van der Waals surface area contributed by atoms with Crippen molar-refractivity contribution in [2.75, 3.05) is 18.6 Å². The zero-order chi connectivity index (χ0) is 14.4. The maximum absolute atomic E-state index is 11.1. The fourth-order valence-corrected chi connectivity index (χ4v) is 1.85. The number of nitro benzene ring substituents is 1. The normalized spacial score (nSPS) is 10.1. The molecule has 0 spiro atoms. The van der Waals surface area contributed by atoms with Gasteiger partial charge in [-0.05, 0) is 26.0 Å². The third-order valence-electron chi connectivity index (χ3n) is 2.78. The highest BCUT2D eigenvalue weighted by molar-refractivity contribution is 5.66. The maximum Gasteiger partial charge on any atom is 0.296 e. The van der Waals surface area contributed by atoms with Gasteiger partial charge in [-0.25, -0.2) is 0 Å². The lowest BCUT2D eigenvalue weighted by atomic mass is 10.2. The second-order valence-electron chi connectivity index (χ2n) is 4.31. The van der Waals surface area contributed by atoms with Crippen molar-refractivity contribution >= 4 is 11.4 Å². The standard InChI is InChI=1S/C13H17N3O3/c1-10(2)15(8-4-7-14)12-6-5-11(19-3)9-13(12)16(17)18/h5-6,9-10H,4,8H2,1-3H3. The first-order valence-corrected chi connectivity index (χ1v) is 5.97. The first-order valence-electron chi connectivity index (χ1n) is 5.97. The Hall–Kier alpha value is -2.29. The number of rotatable bonds is 6. The number of anilines is 1. The van der Waals surface area contributed by atoms with Crippen molar-refractivity contribution in [3.63, 3.8) is 0 Å². The molecule has 0 aliphatic heterocycles. The van der Waals surface area contributed by atoms with E-state index < -0.39 is 4.92 Å². The molecule has 0 saturated heterocycles. The van der Waals surface area contributed by atoms with Crippen molar-refractivity contribution in [2.45, 2.75) is 26.3 Å². The molecule has 6 nitrogen and oxygen atoms in total. The van der Waals surface area contributed by atoms with Crippen LogP contribution < -0.4 is 9.64 Å². The molecule has 0 amide bonds. The number of methoxy groups -OCH3 is 1. The van der Waals surface area contributed by atoms with E-state index in [2.05, 4.69) is 6.07 Å². The van der Waals surface area contributed by atoms with E-state index in [4.69, 9.17) is 10.00 Å². The summed E-state index contributed by atoms with van der Waals surface area (Å²) in [6.45, 7) is 4.33. The van der Waals surface area contributed by atoms with Crippen molar-refractivity contribution in [3.8, 4) is 11.8 Å². The molecule has 6 heteroatoms. The first-order chi connectivity index (χ1) is 9.01. The first kappa shape index (κ1) is 14.8. The van der Waals surface area contributed by atoms with Crippen LogP contribution in [0.3, 0.4) is 0 Å². The van der Waals surface area contributed by atoms with Gasteiger partial charge in [0.25, 0.3) is 5.69 Å². The summed E-state index contributed by atoms with van der Waals surface area (Å²) in [6.07, 6.45) is 0.321. The van der Waals surface area contributed by atoms with Gasteiger partial charge in [0.2, 0.25) is 0 Å². The van der Waals surface area contributed by atoms with E-state index in [1.54, 1.807) is 12.1 Å². The van der Waals surface area contributed by atoms with E-state index in [-0.39, 0.29) is 11.7 Å². The quantitative estimate of drug-likeness (QED) is 0.582. The van der Waals surface area contributed by atoms with Crippen LogP contribution >= 0.6 is 0 Å². The highest BCUT2D eigenvalue weighted by atomic mass is 16.6. The highest BCUT2D eigenvalue weighted by Gasteiger charge is 2.22. The Bertz CT molecular complexity index is 494. The Balaban J connectivity index is 3.22. The molecular weight excluding hydrogens is 246 g/mol. The molecule has 0 radical (unpaired) electrons. The van der Waals surface area contributed by atoms with E-state index in [9.17, 15) is 10.1 Å². The molecule has 19 heavy (non-hydrogen) atoms. The predicted molar refractivity (Wildman–Crippen MR) is 72.4 cm³/mol. The Morgan fingerprint density at radius 1 is 1.53 bits per heavy atom. The molecule has 102 valence electrons. The van der Waals surface area contributed by atoms with Gasteiger partial charge in [-0.1, -0.05) is 0 Å². The summed E-state index contributed by atoms with van der Waals surface area (Å²) in [5, 5.41) is 19.8. The maximum atomic E-state index is 11.1. The zero-order valence-corrected chi connectivity index (χ0v) is 11.3. The summed E-state index contributed by atoms with van der Waals surface area (Å²) < 4.78 is 5.01. The zero-order valence-electron chi connectivity index (χ0n) is 11.3. The van der Waals surface area contributed by atoms with Crippen LogP contribution in [0.25, 0.3) is 0 Å². The third-order valence-corrected chi connectivity index (χ3v) is 2.78. The number of benzene rings is 1. The Labute approximate surface area is 112 Å². The fraction of sp³-hybridized carbons (Fsp3) is 0.462. The summed E-state index contributed by atoms with van der Waals surface area (Å²) >= 11 is 0. The average Bonchev–Trinajstić information content (AvgIpc) is 2.38. The lowest BCUT2D eigenvalue weighted by molar-refractivity contribution is -0.384. The monoisotopic (exact) mass is 263 g/mol. The van der Waals surface area contributed by atoms with Crippen molar-refractivity contribution in [2.24, 2.45) is 0 Å². The lowest BCUT2D eigenvalue weighted by Crippen LogP contribution is -2.32. The Kier molecular flexibility index (Phi) is 5.12. The van der Waals surface area contributed by atoms with E-state index in [1.165, 1.54) is 13.2 Å². The van der Waals surface area contributed by atoms with Gasteiger partial charge in [0.1, 0.15) is 11.4 Å². The molecule has 0 bridgehead atoms. The fourth-order valence-electron chi connectivity index (χ4n) is 1.85. The molecule has 0 N–H and O–H groups in total. The van der Waals surface area contributed by atoms with Gasteiger partial charge in [0, 0.05) is 12.6 Å². The number of hydrogen-bond acceptors (Lipinski definition) is 5. The van der Waals surface area contributed by atoms with Crippen molar-refractivity contribution < 1.29 is 9.66 Å². The van der Waals surface area contributed by atoms with Crippen LogP contribution in [0.5, 0.6) is 5.75 Å². The molecule has 0 aromatic heterocycles. The number of nitrogens with zero attached hydrogens (tertiary/aromatic N) is 3. The predicted octanol–water partition coefficient (Wildman–Crippen LogP) is 2.73. The van der Waals surface area contributed by atoms with Gasteiger partial charge in [-0.3, -0.25) is 10.1 Å². The summed E-state index contributed by atoms with van der Waals surface area (Å²) in [4.78, 5) is 12.6. The van der Waals surface area contributed by atoms with Gasteiger partial charge < -0.3 is 9.64 Å². The Morgan fingerprint density at radius 3 is 2.68 bits per heavy atom.